The van der Waals surface area contributed by atoms with E-state index in [-0.39, 0.29) is 17.5 Å². The van der Waals surface area contributed by atoms with Crippen LogP contribution in [0.25, 0.3) is 0 Å². The van der Waals surface area contributed by atoms with Gasteiger partial charge in [0.1, 0.15) is 5.92 Å². The molecule has 1 aliphatic rings. The van der Waals surface area contributed by atoms with Gasteiger partial charge in [-0.1, -0.05) is 18.2 Å². The number of carbonyl (C=O) groups is 2. The lowest BCUT2D eigenvalue weighted by Crippen LogP contribution is -2.32. The number of ketones is 1. The van der Waals surface area contributed by atoms with E-state index in [4.69, 9.17) is 4.42 Å². The van der Waals surface area contributed by atoms with Crippen LogP contribution < -0.4 is 5.01 Å². The number of benzene rings is 1. The van der Waals surface area contributed by atoms with Crippen LogP contribution in [0.5, 0.6) is 0 Å². The zero-order chi connectivity index (χ0) is 14.1. The summed E-state index contributed by atoms with van der Waals surface area (Å²) < 4.78 is 5.07. The lowest BCUT2D eigenvalue weighted by Gasteiger charge is -2.13. The van der Waals surface area contributed by atoms with Gasteiger partial charge in [0.15, 0.2) is 5.76 Å². The molecule has 3 rings (SSSR count). The van der Waals surface area contributed by atoms with Crippen molar-refractivity contribution in [2.75, 3.05) is 5.01 Å². The van der Waals surface area contributed by atoms with Crippen molar-refractivity contribution in [2.24, 2.45) is 11.0 Å². The summed E-state index contributed by atoms with van der Waals surface area (Å²) in [6, 6.07) is 12.2. The van der Waals surface area contributed by atoms with Crippen molar-refractivity contribution in [1.29, 1.82) is 0 Å². The Labute approximate surface area is 115 Å². The van der Waals surface area contributed by atoms with Crippen LogP contribution in [-0.4, -0.2) is 17.4 Å². The number of carbonyl (C=O) groups excluding carboxylic acids is 2. The molecule has 0 N–H and O–H groups in total. The zero-order valence-electron chi connectivity index (χ0n) is 10.8. The standard InChI is InChI=1S/C15H12N2O3/c1-10-13(14(18)12-8-5-9-20-12)15(19)17(16-10)11-6-3-2-4-7-11/h2-9,13H,1H3/t13-/m0/s1. The topological polar surface area (TPSA) is 62.9 Å². The number of nitrogens with zero attached hydrogens (tertiary/aromatic N) is 2. The highest BCUT2D eigenvalue weighted by molar-refractivity contribution is 6.29. The molecule has 0 unspecified atom stereocenters. The molecule has 2 heterocycles. The van der Waals surface area contributed by atoms with Gasteiger partial charge in [-0.25, -0.2) is 0 Å². The molecule has 0 aliphatic carbocycles. The number of rotatable bonds is 3. The van der Waals surface area contributed by atoms with Crippen molar-refractivity contribution >= 4 is 23.1 Å². The second kappa shape index (κ2) is 4.77. The number of hydrogen-bond donors (Lipinski definition) is 0. The fourth-order valence-corrected chi connectivity index (χ4v) is 2.18. The Kier molecular flexibility index (Phi) is 2.95. The van der Waals surface area contributed by atoms with Crippen LogP contribution in [0.1, 0.15) is 17.5 Å². The van der Waals surface area contributed by atoms with Crippen molar-refractivity contribution < 1.29 is 14.0 Å². The smallest absolute Gasteiger partial charge is 0.264 e. The van der Waals surface area contributed by atoms with E-state index >= 15 is 0 Å². The van der Waals surface area contributed by atoms with Crippen LogP contribution in [-0.2, 0) is 4.79 Å². The van der Waals surface area contributed by atoms with Gasteiger partial charge in [0.25, 0.3) is 5.91 Å². The van der Waals surface area contributed by atoms with Crippen LogP contribution in [0.2, 0.25) is 0 Å². The van der Waals surface area contributed by atoms with Crippen LogP contribution >= 0.6 is 0 Å². The van der Waals surface area contributed by atoms with Crippen molar-refractivity contribution in [1.82, 2.24) is 0 Å². The van der Waals surface area contributed by atoms with E-state index in [9.17, 15) is 9.59 Å². The molecule has 5 heteroatoms. The first-order chi connectivity index (χ1) is 9.68. The fourth-order valence-electron chi connectivity index (χ4n) is 2.18. The average Bonchev–Trinajstić information content (AvgIpc) is 3.08. The Bertz CT molecular complexity index is 674. The third-order valence-electron chi connectivity index (χ3n) is 3.16. The fraction of sp³-hybridized carbons (Fsp3) is 0.133. The maximum Gasteiger partial charge on any atom is 0.264 e. The van der Waals surface area contributed by atoms with Gasteiger partial charge < -0.3 is 4.42 Å². The number of amides is 1. The van der Waals surface area contributed by atoms with Gasteiger partial charge >= 0.3 is 0 Å². The van der Waals surface area contributed by atoms with Crippen LogP contribution in [0, 0.1) is 5.92 Å². The van der Waals surface area contributed by atoms with E-state index in [1.807, 2.05) is 18.2 Å². The zero-order valence-corrected chi connectivity index (χ0v) is 10.8. The summed E-state index contributed by atoms with van der Waals surface area (Å²) in [6.45, 7) is 1.67. The Morgan fingerprint density at radius 3 is 2.60 bits per heavy atom. The largest absolute Gasteiger partial charge is 0.461 e. The highest BCUT2D eigenvalue weighted by Crippen LogP contribution is 2.25. The normalized spacial score (nSPS) is 18.2. The molecule has 0 saturated heterocycles. The molecule has 1 aromatic carbocycles. The molecule has 100 valence electrons. The summed E-state index contributed by atoms with van der Waals surface area (Å²) >= 11 is 0. The maximum atomic E-state index is 12.4. The second-order valence-electron chi connectivity index (χ2n) is 4.50. The van der Waals surface area contributed by atoms with Gasteiger partial charge in [-0.2, -0.15) is 10.1 Å². The lowest BCUT2D eigenvalue weighted by molar-refractivity contribution is -0.118. The summed E-state index contributed by atoms with van der Waals surface area (Å²) in [5.41, 5.74) is 1.12. The molecule has 5 nitrogen and oxygen atoms in total. The number of hydrazone groups is 1. The van der Waals surface area contributed by atoms with Gasteiger partial charge in [0.05, 0.1) is 17.7 Å². The third kappa shape index (κ3) is 1.93. The molecular weight excluding hydrogens is 256 g/mol. The molecule has 0 radical (unpaired) electrons. The first-order valence-corrected chi connectivity index (χ1v) is 6.20. The summed E-state index contributed by atoms with van der Waals surface area (Å²) in [5, 5.41) is 5.45. The molecule has 0 fully saturated rings. The Morgan fingerprint density at radius 2 is 1.95 bits per heavy atom. The van der Waals surface area contributed by atoms with Crippen molar-refractivity contribution in [3.63, 3.8) is 0 Å². The minimum atomic E-state index is -0.902. The van der Waals surface area contributed by atoms with Crippen molar-refractivity contribution in [3.8, 4) is 0 Å². The first-order valence-electron chi connectivity index (χ1n) is 6.20. The average molecular weight is 268 g/mol. The highest BCUT2D eigenvalue weighted by atomic mass is 16.3. The summed E-state index contributed by atoms with van der Waals surface area (Å²) in [7, 11) is 0. The SMILES string of the molecule is CC1=NN(c2ccccc2)C(=O)[C@@H]1C(=O)c1ccco1. The van der Waals surface area contributed by atoms with E-state index in [1.54, 1.807) is 31.2 Å². The monoisotopic (exact) mass is 268 g/mol. The predicted molar refractivity (Wildman–Crippen MR) is 73.6 cm³/mol. The van der Waals surface area contributed by atoms with Gasteiger partial charge in [0, 0.05) is 0 Å². The van der Waals surface area contributed by atoms with E-state index in [2.05, 4.69) is 5.10 Å². The van der Waals surface area contributed by atoms with E-state index in [0.717, 1.165) is 0 Å². The molecule has 1 aliphatic heterocycles. The van der Waals surface area contributed by atoms with Gasteiger partial charge in [-0.15, -0.1) is 0 Å². The third-order valence-corrected chi connectivity index (χ3v) is 3.16. The van der Waals surface area contributed by atoms with Gasteiger partial charge in [0.2, 0.25) is 5.78 Å². The van der Waals surface area contributed by atoms with Crippen molar-refractivity contribution in [3.05, 3.63) is 54.5 Å². The number of para-hydroxylation sites is 1. The van der Waals surface area contributed by atoms with E-state index in [0.29, 0.717) is 11.4 Å². The van der Waals surface area contributed by atoms with Crippen LogP contribution in [0.4, 0.5) is 5.69 Å². The molecule has 1 atom stereocenters. The number of furan rings is 1. The predicted octanol–water partition coefficient (Wildman–Crippen LogP) is 2.50. The summed E-state index contributed by atoms with van der Waals surface area (Å²) in [5.74, 6) is -1.44. The summed E-state index contributed by atoms with van der Waals surface area (Å²) in [4.78, 5) is 24.7. The number of anilines is 1. The Balaban J connectivity index is 1.92. The van der Waals surface area contributed by atoms with Gasteiger partial charge in [-0.05, 0) is 31.2 Å². The molecule has 0 spiro atoms. The van der Waals surface area contributed by atoms with E-state index < -0.39 is 5.92 Å². The first kappa shape index (κ1) is 12.3. The molecule has 0 bridgehead atoms. The highest BCUT2D eigenvalue weighted by Gasteiger charge is 2.40. The lowest BCUT2D eigenvalue weighted by atomic mass is 9.97. The second-order valence-corrected chi connectivity index (χ2v) is 4.50. The van der Waals surface area contributed by atoms with Crippen LogP contribution in [0.3, 0.4) is 0 Å². The summed E-state index contributed by atoms with van der Waals surface area (Å²) in [6.07, 6.45) is 1.41. The van der Waals surface area contributed by atoms with Gasteiger partial charge in [-0.3, -0.25) is 9.59 Å². The van der Waals surface area contributed by atoms with E-state index in [1.165, 1.54) is 11.3 Å². The Morgan fingerprint density at radius 1 is 1.20 bits per heavy atom. The molecule has 1 aromatic heterocycles. The molecule has 1 amide bonds. The minimum absolute atomic E-state index is 0.174. The minimum Gasteiger partial charge on any atom is -0.461 e. The molecular formula is C15H12N2O3. The van der Waals surface area contributed by atoms with Crippen molar-refractivity contribution in [2.45, 2.75) is 6.92 Å². The number of Topliss-reactive ketones (excluding diaryl/α,β-unsaturated/α-hetero) is 1. The maximum absolute atomic E-state index is 12.4. The molecule has 2 aromatic rings. The quantitative estimate of drug-likeness (QED) is 0.634. The Hall–Kier alpha value is -2.69. The number of hydrogen-bond acceptors (Lipinski definition) is 4. The van der Waals surface area contributed by atoms with Crippen LogP contribution in [0.15, 0.2) is 58.2 Å². The molecule has 0 saturated carbocycles. The molecule has 20 heavy (non-hydrogen) atoms.